The van der Waals surface area contributed by atoms with Crippen molar-refractivity contribution in [1.29, 1.82) is 0 Å². The van der Waals surface area contributed by atoms with Crippen molar-refractivity contribution in [3.05, 3.63) is 29.8 Å². The second-order valence-corrected chi connectivity index (χ2v) is 8.90. The van der Waals surface area contributed by atoms with Crippen molar-refractivity contribution in [3.63, 3.8) is 0 Å². The zero-order chi connectivity index (χ0) is 15.8. The molecule has 1 aromatic rings. The van der Waals surface area contributed by atoms with Gasteiger partial charge in [0, 0.05) is 25.2 Å². The van der Waals surface area contributed by atoms with Gasteiger partial charge < -0.3 is 5.32 Å². The van der Waals surface area contributed by atoms with Gasteiger partial charge in [0.05, 0.1) is 4.90 Å². The van der Waals surface area contributed by atoms with Crippen LogP contribution < -0.4 is 5.32 Å². The van der Waals surface area contributed by atoms with E-state index in [0.717, 1.165) is 5.56 Å². The number of benzene rings is 1. The fourth-order valence-corrected chi connectivity index (χ4v) is 4.30. The molecule has 1 N–H and O–H groups in total. The molecule has 1 fully saturated rings. The van der Waals surface area contributed by atoms with Gasteiger partial charge in [-0.1, -0.05) is 32.9 Å². The smallest absolute Gasteiger partial charge is 0.243 e. The van der Waals surface area contributed by atoms with E-state index in [2.05, 4.69) is 26.1 Å². The summed E-state index contributed by atoms with van der Waals surface area (Å²) in [5, 5.41) is 3.31. The molecule has 2 unspecified atom stereocenters. The monoisotopic (exact) mass is 310 g/mol. The predicted molar refractivity (Wildman–Crippen MR) is 86.0 cm³/mol. The summed E-state index contributed by atoms with van der Waals surface area (Å²) in [5.41, 5.74) is 1.17. The van der Waals surface area contributed by atoms with Crippen molar-refractivity contribution >= 4 is 10.0 Å². The Labute approximate surface area is 128 Å². The Morgan fingerprint density at radius 1 is 1.14 bits per heavy atom. The van der Waals surface area contributed by atoms with Crippen LogP contribution in [0.15, 0.2) is 29.2 Å². The van der Waals surface area contributed by atoms with Crippen molar-refractivity contribution in [1.82, 2.24) is 9.62 Å². The van der Waals surface area contributed by atoms with Gasteiger partial charge in [0.25, 0.3) is 0 Å². The highest BCUT2D eigenvalue weighted by atomic mass is 32.2. The highest BCUT2D eigenvalue weighted by Crippen LogP contribution is 2.26. The summed E-state index contributed by atoms with van der Waals surface area (Å²) in [4.78, 5) is 0.386. The number of nitrogens with one attached hydrogen (secondary N) is 1. The van der Waals surface area contributed by atoms with E-state index in [9.17, 15) is 8.42 Å². The van der Waals surface area contributed by atoms with Crippen molar-refractivity contribution in [2.24, 2.45) is 0 Å². The predicted octanol–water partition coefficient (Wildman–Crippen LogP) is 2.36. The molecule has 0 saturated carbocycles. The van der Waals surface area contributed by atoms with Crippen LogP contribution in [-0.4, -0.2) is 37.9 Å². The molecular formula is C16H26N2O2S. The van der Waals surface area contributed by atoms with E-state index in [0.29, 0.717) is 18.0 Å². The van der Waals surface area contributed by atoms with Crippen LogP contribution in [0.4, 0.5) is 0 Å². The molecule has 1 aromatic carbocycles. The summed E-state index contributed by atoms with van der Waals surface area (Å²) in [6, 6.07) is 7.47. The summed E-state index contributed by atoms with van der Waals surface area (Å²) in [6.07, 6.45) is 0. The van der Waals surface area contributed by atoms with Crippen LogP contribution >= 0.6 is 0 Å². The standard InChI is InChI=1S/C16H26N2O2S/c1-12-11-18(13(2)10-17-12)21(19,20)15-8-6-14(7-9-15)16(3,4)5/h6-9,12-13,17H,10-11H2,1-5H3. The lowest BCUT2D eigenvalue weighted by atomic mass is 9.87. The minimum atomic E-state index is -3.41. The Kier molecular flexibility index (Phi) is 4.47. The van der Waals surface area contributed by atoms with E-state index in [1.807, 2.05) is 26.0 Å². The van der Waals surface area contributed by atoms with Crippen LogP contribution in [0.2, 0.25) is 0 Å². The largest absolute Gasteiger partial charge is 0.311 e. The van der Waals surface area contributed by atoms with Crippen LogP contribution in [0, 0.1) is 0 Å². The van der Waals surface area contributed by atoms with Crippen molar-refractivity contribution < 1.29 is 8.42 Å². The maximum Gasteiger partial charge on any atom is 0.243 e. The van der Waals surface area contributed by atoms with Crippen LogP contribution in [0.5, 0.6) is 0 Å². The molecule has 4 nitrogen and oxygen atoms in total. The normalized spacial score (nSPS) is 25.0. The average Bonchev–Trinajstić information content (AvgIpc) is 2.40. The molecule has 1 saturated heterocycles. The third kappa shape index (κ3) is 3.47. The summed E-state index contributed by atoms with van der Waals surface area (Å²) < 4.78 is 27.2. The van der Waals surface area contributed by atoms with Gasteiger partial charge in [0.1, 0.15) is 0 Å². The van der Waals surface area contributed by atoms with E-state index in [1.165, 1.54) is 0 Å². The highest BCUT2D eigenvalue weighted by molar-refractivity contribution is 7.89. The lowest BCUT2D eigenvalue weighted by Gasteiger charge is -2.36. The van der Waals surface area contributed by atoms with Crippen molar-refractivity contribution in [3.8, 4) is 0 Å². The molecule has 1 aliphatic heterocycles. The number of hydrogen-bond donors (Lipinski definition) is 1. The summed E-state index contributed by atoms with van der Waals surface area (Å²) in [5.74, 6) is 0. The number of piperazine rings is 1. The molecule has 1 aliphatic rings. The third-order valence-electron chi connectivity index (χ3n) is 4.03. The molecular weight excluding hydrogens is 284 g/mol. The molecule has 5 heteroatoms. The summed E-state index contributed by atoms with van der Waals surface area (Å²) >= 11 is 0. The SMILES string of the molecule is CC1CN(S(=O)(=O)c2ccc(C(C)(C)C)cc2)C(C)CN1. The quantitative estimate of drug-likeness (QED) is 0.912. The van der Waals surface area contributed by atoms with Gasteiger partial charge >= 0.3 is 0 Å². The highest BCUT2D eigenvalue weighted by Gasteiger charge is 2.33. The molecule has 0 aliphatic carbocycles. The van der Waals surface area contributed by atoms with Gasteiger partial charge in [-0.05, 0) is 37.0 Å². The van der Waals surface area contributed by atoms with Crippen molar-refractivity contribution in [2.45, 2.75) is 57.0 Å². The molecule has 1 heterocycles. The first-order chi connectivity index (χ1) is 9.62. The Morgan fingerprint density at radius 2 is 1.71 bits per heavy atom. The van der Waals surface area contributed by atoms with Gasteiger partial charge in [-0.25, -0.2) is 8.42 Å². The van der Waals surface area contributed by atoms with Gasteiger partial charge in [-0.3, -0.25) is 0 Å². The minimum Gasteiger partial charge on any atom is -0.311 e. The van der Waals surface area contributed by atoms with E-state index in [1.54, 1.807) is 16.4 Å². The maximum atomic E-state index is 12.8. The van der Waals surface area contributed by atoms with E-state index < -0.39 is 10.0 Å². The van der Waals surface area contributed by atoms with E-state index in [4.69, 9.17) is 0 Å². The first-order valence-electron chi connectivity index (χ1n) is 7.48. The van der Waals surface area contributed by atoms with Gasteiger partial charge in [-0.15, -0.1) is 0 Å². The summed E-state index contributed by atoms with van der Waals surface area (Å²) in [6.45, 7) is 11.5. The van der Waals surface area contributed by atoms with E-state index >= 15 is 0 Å². The Morgan fingerprint density at radius 3 is 2.24 bits per heavy atom. The first kappa shape index (κ1) is 16.5. The maximum absolute atomic E-state index is 12.8. The number of rotatable bonds is 2. The molecule has 118 valence electrons. The van der Waals surface area contributed by atoms with Gasteiger partial charge in [0.2, 0.25) is 10.0 Å². The summed E-state index contributed by atoms with van der Waals surface area (Å²) in [7, 11) is -3.41. The fraction of sp³-hybridized carbons (Fsp3) is 0.625. The molecule has 0 amide bonds. The molecule has 21 heavy (non-hydrogen) atoms. The topological polar surface area (TPSA) is 49.4 Å². The lowest BCUT2D eigenvalue weighted by Crippen LogP contribution is -2.56. The second kappa shape index (κ2) is 5.71. The Bertz CT molecular complexity index is 588. The fourth-order valence-electron chi connectivity index (χ4n) is 2.59. The minimum absolute atomic E-state index is 0.0199. The number of sulfonamides is 1. The van der Waals surface area contributed by atoms with Gasteiger partial charge in [0.15, 0.2) is 0 Å². The van der Waals surface area contributed by atoms with Crippen molar-refractivity contribution in [2.75, 3.05) is 13.1 Å². The molecule has 2 atom stereocenters. The second-order valence-electron chi connectivity index (χ2n) is 7.01. The molecule has 0 spiro atoms. The molecule has 0 radical (unpaired) electrons. The van der Waals surface area contributed by atoms with Crippen LogP contribution in [0.3, 0.4) is 0 Å². The number of hydrogen-bond acceptors (Lipinski definition) is 3. The van der Waals surface area contributed by atoms with Gasteiger partial charge in [-0.2, -0.15) is 4.31 Å². The third-order valence-corrected chi connectivity index (χ3v) is 6.03. The van der Waals surface area contributed by atoms with E-state index in [-0.39, 0.29) is 17.5 Å². The molecule has 0 bridgehead atoms. The zero-order valence-corrected chi connectivity index (χ0v) is 14.4. The molecule has 2 rings (SSSR count). The molecule has 0 aromatic heterocycles. The zero-order valence-electron chi connectivity index (χ0n) is 13.6. The van der Waals surface area contributed by atoms with Crippen LogP contribution in [-0.2, 0) is 15.4 Å². The Hall–Kier alpha value is -0.910. The Balaban J connectivity index is 2.31. The lowest BCUT2D eigenvalue weighted by molar-refractivity contribution is 0.244. The number of nitrogens with zero attached hydrogens (tertiary/aromatic N) is 1. The van der Waals surface area contributed by atoms with Crippen LogP contribution in [0.1, 0.15) is 40.2 Å². The van der Waals surface area contributed by atoms with Crippen LogP contribution in [0.25, 0.3) is 0 Å². The average molecular weight is 310 g/mol. The first-order valence-corrected chi connectivity index (χ1v) is 8.92.